The van der Waals surface area contributed by atoms with Gasteiger partial charge < -0.3 is 5.32 Å². The van der Waals surface area contributed by atoms with Crippen molar-refractivity contribution in [2.24, 2.45) is 5.92 Å². The minimum Gasteiger partial charge on any atom is -0.313 e. The average Bonchev–Trinajstić information content (AvgIpc) is 2.72. The molecule has 0 heterocycles. The minimum absolute atomic E-state index is 0.474. The standard InChI is InChI=1S/C15H19N/c1-3-7-15(16-4-2)14-10-12-8-5-6-9-13(12)11-14/h1,5-6,8-9,14-16H,4,7,10-11H2,2H3. The van der Waals surface area contributed by atoms with Gasteiger partial charge in [-0.2, -0.15) is 0 Å². The van der Waals surface area contributed by atoms with Gasteiger partial charge in [0.2, 0.25) is 0 Å². The molecule has 1 aromatic rings. The van der Waals surface area contributed by atoms with Crippen molar-refractivity contribution >= 4 is 0 Å². The average molecular weight is 213 g/mol. The maximum absolute atomic E-state index is 5.44. The van der Waals surface area contributed by atoms with E-state index in [-0.39, 0.29) is 0 Å². The molecule has 2 rings (SSSR count). The summed E-state index contributed by atoms with van der Waals surface area (Å²) in [5.41, 5.74) is 3.01. The largest absolute Gasteiger partial charge is 0.313 e. The lowest BCUT2D eigenvalue weighted by molar-refractivity contribution is 0.376. The van der Waals surface area contributed by atoms with E-state index >= 15 is 0 Å². The zero-order valence-corrected chi connectivity index (χ0v) is 9.87. The molecule has 1 aliphatic rings. The zero-order valence-electron chi connectivity index (χ0n) is 9.87. The highest BCUT2D eigenvalue weighted by atomic mass is 14.9. The van der Waals surface area contributed by atoms with Crippen LogP contribution in [0.2, 0.25) is 0 Å². The van der Waals surface area contributed by atoms with Gasteiger partial charge in [0, 0.05) is 12.5 Å². The van der Waals surface area contributed by atoms with Gasteiger partial charge in [-0.1, -0.05) is 31.2 Å². The van der Waals surface area contributed by atoms with Crippen molar-refractivity contribution in [3.8, 4) is 12.3 Å². The van der Waals surface area contributed by atoms with Crippen molar-refractivity contribution in [1.82, 2.24) is 5.32 Å². The van der Waals surface area contributed by atoms with Gasteiger partial charge in [-0.25, -0.2) is 0 Å². The summed E-state index contributed by atoms with van der Waals surface area (Å²) < 4.78 is 0. The zero-order chi connectivity index (χ0) is 11.4. The van der Waals surface area contributed by atoms with E-state index in [1.165, 1.54) is 24.0 Å². The Hall–Kier alpha value is -1.26. The Bertz CT molecular complexity index is 364. The molecule has 0 saturated carbocycles. The number of terminal acetylenes is 1. The van der Waals surface area contributed by atoms with Crippen molar-refractivity contribution < 1.29 is 0 Å². The summed E-state index contributed by atoms with van der Waals surface area (Å²) in [6.07, 6.45) is 8.63. The second-order valence-corrected chi connectivity index (χ2v) is 4.51. The fourth-order valence-electron chi connectivity index (χ4n) is 2.67. The lowest BCUT2D eigenvalue weighted by atomic mass is 9.94. The summed E-state index contributed by atoms with van der Waals surface area (Å²) >= 11 is 0. The molecule has 0 amide bonds. The first-order chi connectivity index (χ1) is 7.85. The molecule has 84 valence electrons. The van der Waals surface area contributed by atoms with E-state index in [2.05, 4.69) is 42.4 Å². The van der Waals surface area contributed by atoms with E-state index in [1.54, 1.807) is 0 Å². The molecule has 0 aliphatic heterocycles. The molecule has 1 aromatic carbocycles. The van der Waals surface area contributed by atoms with Crippen LogP contribution in [0.15, 0.2) is 24.3 Å². The predicted octanol–water partition coefficient (Wildman–Crippen LogP) is 2.40. The number of rotatable bonds is 4. The van der Waals surface area contributed by atoms with Crippen LogP contribution in [0.25, 0.3) is 0 Å². The molecule has 0 bridgehead atoms. The van der Waals surface area contributed by atoms with Crippen LogP contribution in [0.5, 0.6) is 0 Å². The molecule has 0 fully saturated rings. The van der Waals surface area contributed by atoms with E-state index in [4.69, 9.17) is 6.42 Å². The first-order valence-corrected chi connectivity index (χ1v) is 6.08. The van der Waals surface area contributed by atoms with Gasteiger partial charge in [0.15, 0.2) is 0 Å². The van der Waals surface area contributed by atoms with Crippen molar-refractivity contribution in [3.63, 3.8) is 0 Å². The summed E-state index contributed by atoms with van der Waals surface area (Å²) in [4.78, 5) is 0. The maximum Gasteiger partial charge on any atom is 0.0243 e. The van der Waals surface area contributed by atoms with Gasteiger partial charge in [0.05, 0.1) is 0 Å². The Labute approximate surface area is 98.3 Å². The van der Waals surface area contributed by atoms with Crippen LogP contribution in [0.3, 0.4) is 0 Å². The molecular weight excluding hydrogens is 194 g/mol. The van der Waals surface area contributed by atoms with Crippen LogP contribution in [0.4, 0.5) is 0 Å². The van der Waals surface area contributed by atoms with Gasteiger partial charge in [-0.15, -0.1) is 12.3 Å². The second-order valence-electron chi connectivity index (χ2n) is 4.51. The van der Waals surface area contributed by atoms with E-state index in [0.717, 1.165) is 13.0 Å². The van der Waals surface area contributed by atoms with E-state index in [0.29, 0.717) is 12.0 Å². The molecule has 0 radical (unpaired) electrons. The van der Waals surface area contributed by atoms with Crippen LogP contribution in [0, 0.1) is 18.3 Å². The van der Waals surface area contributed by atoms with Gasteiger partial charge in [0.25, 0.3) is 0 Å². The summed E-state index contributed by atoms with van der Waals surface area (Å²) in [5, 5.41) is 3.52. The Balaban J connectivity index is 2.06. The monoisotopic (exact) mass is 213 g/mol. The normalized spacial score (nSPS) is 16.8. The summed E-state index contributed by atoms with van der Waals surface area (Å²) in [7, 11) is 0. The van der Waals surface area contributed by atoms with Crippen molar-refractivity contribution in [1.29, 1.82) is 0 Å². The lowest BCUT2D eigenvalue weighted by Crippen LogP contribution is -2.36. The van der Waals surface area contributed by atoms with Gasteiger partial charge in [0.1, 0.15) is 0 Å². The minimum atomic E-state index is 0.474. The van der Waals surface area contributed by atoms with E-state index in [9.17, 15) is 0 Å². The predicted molar refractivity (Wildman–Crippen MR) is 68.3 cm³/mol. The summed E-state index contributed by atoms with van der Waals surface area (Å²) in [6, 6.07) is 9.22. The molecule has 1 atom stereocenters. The number of hydrogen-bond donors (Lipinski definition) is 1. The first-order valence-electron chi connectivity index (χ1n) is 6.08. The Morgan fingerprint density at radius 2 is 2.00 bits per heavy atom. The van der Waals surface area contributed by atoms with Crippen molar-refractivity contribution in [2.45, 2.75) is 32.2 Å². The number of benzene rings is 1. The molecule has 16 heavy (non-hydrogen) atoms. The van der Waals surface area contributed by atoms with E-state index in [1.807, 2.05) is 0 Å². The molecule has 0 saturated heterocycles. The van der Waals surface area contributed by atoms with Crippen LogP contribution < -0.4 is 5.32 Å². The molecule has 1 N–H and O–H groups in total. The Kier molecular flexibility index (Phi) is 3.64. The third kappa shape index (κ3) is 2.28. The van der Waals surface area contributed by atoms with Crippen molar-refractivity contribution in [3.05, 3.63) is 35.4 Å². The Morgan fingerprint density at radius 3 is 2.50 bits per heavy atom. The molecule has 1 heteroatoms. The molecular formula is C15H19N. The van der Waals surface area contributed by atoms with Crippen LogP contribution in [-0.4, -0.2) is 12.6 Å². The molecule has 1 nitrogen and oxygen atoms in total. The lowest BCUT2D eigenvalue weighted by Gasteiger charge is -2.22. The van der Waals surface area contributed by atoms with Crippen LogP contribution >= 0.6 is 0 Å². The number of fused-ring (bicyclic) bond motifs is 1. The van der Waals surface area contributed by atoms with E-state index < -0.39 is 0 Å². The van der Waals surface area contributed by atoms with Crippen LogP contribution in [-0.2, 0) is 12.8 Å². The third-order valence-electron chi connectivity index (χ3n) is 3.46. The smallest absolute Gasteiger partial charge is 0.0243 e. The van der Waals surface area contributed by atoms with Crippen LogP contribution in [0.1, 0.15) is 24.5 Å². The third-order valence-corrected chi connectivity index (χ3v) is 3.46. The number of nitrogens with one attached hydrogen (secondary N) is 1. The fraction of sp³-hybridized carbons (Fsp3) is 0.467. The molecule has 1 aliphatic carbocycles. The second kappa shape index (κ2) is 5.18. The Morgan fingerprint density at radius 1 is 1.38 bits per heavy atom. The highest BCUT2D eigenvalue weighted by Crippen LogP contribution is 2.29. The summed E-state index contributed by atoms with van der Waals surface area (Å²) in [5.74, 6) is 3.47. The van der Waals surface area contributed by atoms with Gasteiger partial charge >= 0.3 is 0 Å². The topological polar surface area (TPSA) is 12.0 Å². The van der Waals surface area contributed by atoms with Gasteiger partial charge in [-0.3, -0.25) is 0 Å². The molecule has 1 unspecified atom stereocenters. The fourth-order valence-corrected chi connectivity index (χ4v) is 2.67. The SMILES string of the molecule is C#CCC(NCC)C1Cc2ccccc2C1. The highest BCUT2D eigenvalue weighted by molar-refractivity contribution is 5.32. The van der Waals surface area contributed by atoms with Gasteiger partial charge in [-0.05, 0) is 36.4 Å². The highest BCUT2D eigenvalue weighted by Gasteiger charge is 2.27. The quantitative estimate of drug-likeness (QED) is 0.757. The van der Waals surface area contributed by atoms with Crippen molar-refractivity contribution in [2.75, 3.05) is 6.54 Å². The maximum atomic E-state index is 5.44. The summed E-state index contributed by atoms with van der Waals surface area (Å²) in [6.45, 7) is 3.14. The first kappa shape index (κ1) is 11.2. The molecule has 0 spiro atoms. The number of hydrogen-bond acceptors (Lipinski definition) is 1. The molecule has 0 aromatic heterocycles.